The van der Waals surface area contributed by atoms with Gasteiger partial charge in [-0.15, -0.1) is 0 Å². The molecule has 0 radical (unpaired) electrons. The van der Waals surface area contributed by atoms with Crippen molar-refractivity contribution in [2.45, 2.75) is 6.92 Å². The minimum Gasteiger partial charge on any atom is -0.289 e. The summed E-state index contributed by atoms with van der Waals surface area (Å²) in [5, 5.41) is 0. The van der Waals surface area contributed by atoms with Gasteiger partial charge in [-0.05, 0) is 18.6 Å². The predicted molar refractivity (Wildman–Crippen MR) is 84.3 cm³/mol. The Labute approximate surface area is 124 Å². The smallest absolute Gasteiger partial charge is 0.193 e. The van der Waals surface area contributed by atoms with E-state index in [2.05, 4.69) is 4.98 Å². The Kier molecular flexibility index (Phi) is 3.61. The van der Waals surface area contributed by atoms with E-state index >= 15 is 0 Å². The number of aryl methyl sites for hydroxylation is 1. The van der Waals surface area contributed by atoms with Crippen LogP contribution in [0.5, 0.6) is 0 Å². The fourth-order valence-corrected chi connectivity index (χ4v) is 2.40. The maximum Gasteiger partial charge on any atom is 0.193 e. The van der Waals surface area contributed by atoms with Gasteiger partial charge in [-0.3, -0.25) is 9.78 Å². The summed E-state index contributed by atoms with van der Waals surface area (Å²) in [4.78, 5) is 17.2. The van der Waals surface area contributed by atoms with E-state index in [9.17, 15) is 4.79 Å². The number of nitrogens with zero attached hydrogens (tertiary/aromatic N) is 1. The number of carbonyl (C=O) groups excluding carboxylic acids is 1. The Hall–Kier alpha value is -2.74. The molecule has 0 aliphatic heterocycles. The van der Waals surface area contributed by atoms with Crippen LogP contribution in [0.3, 0.4) is 0 Å². The van der Waals surface area contributed by atoms with Crippen molar-refractivity contribution in [2.24, 2.45) is 0 Å². The third-order valence-electron chi connectivity index (χ3n) is 3.47. The van der Waals surface area contributed by atoms with Crippen molar-refractivity contribution in [2.75, 3.05) is 0 Å². The summed E-state index contributed by atoms with van der Waals surface area (Å²) in [5.74, 6) is 0.0243. The minimum atomic E-state index is 0.0243. The molecule has 3 rings (SSSR count). The highest BCUT2D eigenvalue weighted by molar-refractivity contribution is 6.12. The van der Waals surface area contributed by atoms with Gasteiger partial charge in [0.2, 0.25) is 0 Å². The molecule has 102 valence electrons. The normalized spacial score (nSPS) is 10.3. The zero-order valence-corrected chi connectivity index (χ0v) is 11.8. The van der Waals surface area contributed by atoms with Gasteiger partial charge in [0.1, 0.15) is 0 Å². The molecule has 0 bridgehead atoms. The van der Waals surface area contributed by atoms with Crippen molar-refractivity contribution >= 4 is 5.78 Å². The van der Waals surface area contributed by atoms with Gasteiger partial charge in [-0.2, -0.15) is 0 Å². The molecule has 0 unspecified atom stereocenters. The van der Waals surface area contributed by atoms with Gasteiger partial charge in [0.15, 0.2) is 5.78 Å². The maximum absolute atomic E-state index is 12.7. The standard InChI is InChI=1S/C19H15NO/c1-14-8-7-13-20-18(14)16-11-5-6-12-17(16)19(21)15-9-3-2-4-10-15/h2-13H,1H3. The lowest BCUT2D eigenvalue weighted by molar-refractivity contribution is 0.103. The molecular formula is C19H15NO. The molecule has 2 aromatic carbocycles. The highest BCUT2D eigenvalue weighted by Gasteiger charge is 2.15. The number of rotatable bonds is 3. The van der Waals surface area contributed by atoms with Crippen LogP contribution in [0, 0.1) is 6.92 Å². The second-order valence-electron chi connectivity index (χ2n) is 4.91. The first-order valence-electron chi connectivity index (χ1n) is 6.88. The third kappa shape index (κ3) is 2.61. The van der Waals surface area contributed by atoms with Crippen LogP contribution in [0.1, 0.15) is 21.5 Å². The first-order chi connectivity index (χ1) is 10.3. The summed E-state index contributed by atoms with van der Waals surface area (Å²) >= 11 is 0. The van der Waals surface area contributed by atoms with E-state index in [4.69, 9.17) is 0 Å². The molecule has 21 heavy (non-hydrogen) atoms. The quantitative estimate of drug-likeness (QED) is 0.666. The van der Waals surface area contributed by atoms with E-state index < -0.39 is 0 Å². The molecular weight excluding hydrogens is 258 g/mol. The number of ketones is 1. The molecule has 0 atom stereocenters. The summed E-state index contributed by atoms with van der Waals surface area (Å²) in [6.45, 7) is 2.01. The van der Waals surface area contributed by atoms with Gasteiger partial charge in [0, 0.05) is 22.9 Å². The Bertz CT molecular complexity index is 778. The zero-order valence-electron chi connectivity index (χ0n) is 11.8. The van der Waals surface area contributed by atoms with Gasteiger partial charge in [0.05, 0.1) is 5.69 Å². The average Bonchev–Trinajstić information content (AvgIpc) is 2.55. The van der Waals surface area contributed by atoms with Crippen LogP contribution >= 0.6 is 0 Å². The van der Waals surface area contributed by atoms with E-state index in [0.717, 1.165) is 16.8 Å². The van der Waals surface area contributed by atoms with E-state index in [1.807, 2.05) is 73.7 Å². The minimum absolute atomic E-state index is 0.0243. The second-order valence-corrected chi connectivity index (χ2v) is 4.91. The largest absolute Gasteiger partial charge is 0.289 e. The SMILES string of the molecule is Cc1cccnc1-c1ccccc1C(=O)c1ccccc1. The Morgan fingerprint density at radius 1 is 0.857 bits per heavy atom. The molecule has 0 saturated carbocycles. The number of carbonyl (C=O) groups is 1. The number of aromatic nitrogens is 1. The molecule has 1 aromatic heterocycles. The van der Waals surface area contributed by atoms with Gasteiger partial charge < -0.3 is 0 Å². The summed E-state index contributed by atoms with van der Waals surface area (Å²) in [5.41, 5.74) is 4.18. The van der Waals surface area contributed by atoms with Crippen LogP contribution in [0.4, 0.5) is 0 Å². The highest BCUT2D eigenvalue weighted by atomic mass is 16.1. The summed E-state index contributed by atoms with van der Waals surface area (Å²) in [7, 11) is 0. The lowest BCUT2D eigenvalue weighted by atomic mass is 9.95. The van der Waals surface area contributed by atoms with Gasteiger partial charge in [0.25, 0.3) is 0 Å². The lowest BCUT2D eigenvalue weighted by Crippen LogP contribution is -2.04. The molecule has 3 aromatic rings. The van der Waals surface area contributed by atoms with Crippen molar-refractivity contribution in [3.05, 3.63) is 89.6 Å². The second kappa shape index (κ2) is 5.71. The van der Waals surface area contributed by atoms with Crippen molar-refractivity contribution in [3.63, 3.8) is 0 Å². The van der Waals surface area contributed by atoms with Crippen molar-refractivity contribution in [1.29, 1.82) is 0 Å². The number of benzene rings is 2. The monoisotopic (exact) mass is 273 g/mol. The van der Waals surface area contributed by atoms with E-state index in [0.29, 0.717) is 11.1 Å². The highest BCUT2D eigenvalue weighted by Crippen LogP contribution is 2.26. The number of hydrogen-bond donors (Lipinski definition) is 0. The Balaban J connectivity index is 2.13. The fraction of sp³-hybridized carbons (Fsp3) is 0.0526. The average molecular weight is 273 g/mol. The van der Waals surface area contributed by atoms with Crippen molar-refractivity contribution in [3.8, 4) is 11.3 Å². The Morgan fingerprint density at radius 3 is 2.33 bits per heavy atom. The molecule has 0 saturated heterocycles. The maximum atomic E-state index is 12.7. The first kappa shape index (κ1) is 13.3. The van der Waals surface area contributed by atoms with Crippen molar-refractivity contribution in [1.82, 2.24) is 4.98 Å². The molecule has 2 nitrogen and oxygen atoms in total. The van der Waals surface area contributed by atoms with E-state index in [1.165, 1.54) is 0 Å². The van der Waals surface area contributed by atoms with Crippen LogP contribution < -0.4 is 0 Å². The molecule has 0 spiro atoms. The van der Waals surface area contributed by atoms with Gasteiger partial charge >= 0.3 is 0 Å². The summed E-state index contributed by atoms with van der Waals surface area (Å²) < 4.78 is 0. The molecule has 0 amide bonds. The first-order valence-corrected chi connectivity index (χ1v) is 6.88. The van der Waals surface area contributed by atoms with Crippen LogP contribution in [0.15, 0.2) is 72.9 Å². The molecule has 2 heteroatoms. The Morgan fingerprint density at radius 2 is 1.57 bits per heavy atom. The zero-order chi connectivity index (χ0) is 14.7. The van der Waals surface area contributed by atoms with Crippen LogP contribution in [-0.2, 0) is 0 Å². The van der Waals surface area contributed by atoms with Gasteiger partial charge in [-0.1, -0.05) is 60.7 Å². The molecule has 0 N–H and O–H groups in total. The summed E-state index contributed by atoms with van der Waals surface area (Å²) in [6, 6.07) is 20.9. The van der Waals surface area contributed by atoms with Crippen molar-refractivity contribution < 1.29 is 4.79 Å². The van der Waals surface area contributed by atoms with Crippen LogP contribution in [-0.4, -0.2) is 10.8 Å². The lowest BCUT2D eigenvalue weighted by Gasteiger charge is -2.10. The van der Waals surface area contributed by atoms with Gasteiger partial charge in [-0.25, -0.2) is 0 Å². The topological polar surface area (TPSA) is 30.0 Å². The number of pyridine rings is 1. The molecule has 0 aliphatic carbocycles. The van der Waals surface area contributed by atoms with Crippen LogP contribution in [0.2, 0.25) is 0 Å². The summed E-state index contributed by atoms with van der Waals surface area (Å²) in [6.07, 6.45) is 1.76. The molecule has 1 heterocycles. The molecule has 0 aliphatic rings. The van der Waals surface area contributed by atoms with E-state index in [1.54, 1.807) is 6.20 Å². The third-order valence-corrected chi connectivity index (χ3v) is 3.47. The van der Waals surface area contributed by atoms with Crippen LogP contribution in [0.25, 0.3) is 11.3 Å². The van der Waals surface area contributed by atoms with E-state index in [-0.39, 0.29) is 5.78 Å². The fourth-order valence-electron chi connectivity index (χ4n) is 2.40. The number of hydrogen-bond acceptors (Lipinski definition) is 2. The molecule has 0 fully saturated rings. The predicted octanol–water partition coefficient (Wildman–Crippen LogP) is 4.29.